The lowest BCUT2D eigenvalue weighted by Crippen LogP contribution is -2.12. The van der Waals surface area contributed by atoms with Crippen molar-refractivity contribution in [2.45, 2.75) is 4.90 Å². The van der Waals surface area contributed by atoms with Gasteiger partial charge < -0.3 is 0 Å². The van der Waals surface area contributed by atoms with Gasteiger partial charge in [0, 0.05) is 4.91 Å². The quantitative estimate of drug-likeness (QED) is 0.369. The van der Waals surface area contributed by atoms with Crippen LogP contribution in [0.3, 0.4) is 0 Å². The molecule has 0 saturated heterocycles. The van der Waals surface area contributed by atoms with E-state index in [4.69, 9.17) is 10.7 Å². The number of hydrogen-bond acceptors (Lipinski definition) is 3. The Balaban J connectivity index is 3.05. The summed E-state index contributed by atoms with van der Waals surface area (Å²) >= 11 is 0. The molecule has 1 aromatic rings. The van der Waals surface area contributed by atoms with Crippen molar-refractivity contribution in [1.29, 1.82) is 0 Å². The second-order valence-corrected chi connectivity index (χ2v) is 4.44. The number of nitrogens with two attached hydrogens (primary N) is 1. The molecule has 0 heterocycles. The Morgan fingerprint density at radius 1 is 1.53 bits per heavy atom. The van der Waals surface area contributed by atoms with Gasteiger partial charge in [0.1, 0.15) is 5.82 Å². The number of azide groups is 1. The lowest BCUT2D eigenvalue weighted by Gasteiger charge is -1.99. The van der Waals surface area contributed by atoms with Gasteiger partial charge in [0.05, 0.1) is 17.0 Å². The van der Waals surface area contributed by atoms with E-state index in [1.807, 2.05) is 0 Å². The summed E-state index contributed by atoms with van der Waals surface area (Å²) in [7, 11) is -3.93. The van der Waals surface area contributed by atoms with Gasteiger partial charge in [-0.05, 0) is 23.7 Å². The SMILES string of the molecule is [N-]=[N+]=NCC#Cc1ccc(S(N)(=O)=O)cc1F. The number of benzene rings is 1. The maximum Gasteiger partial charge on any atom is 0.238 e. The van der Waals surface area contributed by atoms with Gasteiger partial charge in [-0.2, -0.15) is 0 Å². The Labute approximate surface area is 96.9 Å². The Hall–Kier alpha value is -2.07. The number of rotatable bonds is 2. The van der Waals surface area contributed by atoms with Crippen LogP contribution in [0.25, 0.3) is 10.4 Å². The van der Waals surface area contributed by atoms with Gasteiger partial charge in [-0.1, -0.05) is 17.0 Å². The molecule has 0 unspecified atom stereocenters. The van der Waals surface area contributed by atoms with Gasteiger partial charge >= 0.3 is 0 Å². The molecule has 0 atom stereocenters. The van der Waals surface area contributed by atoms with E-state index in [0.29, 0.717) is 0 Å². The third-order valence-electron chi connectivity index (χ3n) is 1.71. The molecule has 0 spiro atoms. The summed E-state index contributed by atoms with van der Waals surface area (Å²) in [5.74, 6) is 4.01. The van der Waals surface area contributed by atoms with Crippen molar-refractivity contribution in [2.75, 3.05) is 6.54 Å². The maximum absolute atomic E-state index is 13.4. The summed E-state index contributed by atoms with van der Waals surface area (Å²) in [5, 5.41) is 7.97. The average Bonchev–Trinajstić information content (AvgIpc) is 2.24. The minimum Gasteiger partial charge on any atom is -0.225 e. The molecule has 8 heteroatoms. The van der Waals surface area contributed by atoms with Gasteiger partial charge in [-0.3, -0.25) is 0 Å². The van der Waals surface area contributed by atoms with Crippen molar-refractivity contribution in [3.63, 3.8) is 0 Å². The molecule has 0 aliphatic carbocycles. The van der Waals surface area contributed by atoms with E-state index in [0.717, 1.165) is 12.1 Å². The monoisotopic (exact) mass is 254 g/mol. The molecule has 2 N–H and O–H groups in total. The van der Waals surface area contributed by atoms with Crippen LogP contribution >= 0.6 is 0 Å². The summed E-state index contributed by atoms with van der Waals surface area (Å²) in [6, 6.07) is 3.13. The molecule has 0 amide bonds. The van der Waals surface area contributed by atoms with Crippen LogP contribution in [0.5, 0.6) is 0 Å². The first-order chi connectivity index (χ1) is 7.95. The molecule has 88 valence electrons. The molecule has 0 bridgehead atoms. The summed E-state index contributed by atoms with van der Waals surface area (Å²) in [6.07, 6.45) is 0. The van der Waals surface area contributed by atoms with E-state index in [-0.39, 0.29) is 17.0 Å². The third-order valence-corrected chi connectivity index (χ3v) is 2.62. The highest BCUT2D eigenvalue weighted by molar-refractivity contribution is 7.89. The van der Waals surface area contributed by atoms with Gasteiger partial charge in [0.15, 0.2) is 0 Å². The van der Waals surface area contributed by atoms with E-state index in [1.165, 1.54) is 6.07 Å². The first kappa shape index (κ1) is 13.0. The molecule has 0 radical (unpaired) electrons. The molecule has 1 aromatic carbocycles. The van der Waals surface area contributed by atoms with E-state index >= 15 is 0 Å². The number of halogens is 1. The predicted molar refractivity (Wildman–Crippen MR) is 58.7 cm³/mol. The van der Waals surface area contributed by atoms with Crippen LogP contribution < -0.4 is 5.14 Å². The first-order valence-corrected chi connectivity index (χ1v) is 5.82. The Morgan fingerprint density at radius 3 is 2.76 bits per heavy atom. The predicted octanol–water partition coefficient (Wildman–Crippen LogP) is 1.13. The van der Waals surface area contributed by atoms with Crippen molar-refractivity contribution < 1.29 is 12.8 Å². The third kappa shape index (κ3) is 3.77. The number of nitrogens with zero attached hydrogens (tertiary/aromatic N) is 3. The number of hydrogen-bond donors (Lipinski definition) is 1. The Morgan fingerprint density at radius 2 is 2.24 bits per heavy atom. The zero-order chi connectivity index (χ0) is 12.9. The number of sulfonamides is 1. The Kier molecular flexibility index (Phi) is 4.06. The summed E-state index contributed by atoms with van der Waals surface area (Å²) < 4.78 is 35.2. The van der Waals surface area contributed by atoms with E-state index in [1.54, 1.807) is 0 Å². The van der Waals surface area contributed by atoms with Gasteiger partial charge in [-0.15, -0.1) is 0 Å². The van der Waals surface area contributed by atoms with Gasteiger partial charge in [0.2, 0.25) is 10.0 Å². The fourth-order valence-electron chi connectivity index (χ4n) is 0.976. The molecule has 0 aliphatic heterocycles. The molecule has 6 nitrogen and oxygen atoms in total. The van der Waals surface area contributed by atoms with Gasteiger partial charge in [-0.25, -0.2) is 17.9 Å². The van der Waals surface area contributed by atoms with Crippen LogP contribution in [0, 0.1) is 17.7 Å². The maximum atomic E-state index is 13.4. The van der Waals surface area contributed by atoms with Crippen LogP contribution in [0.2, 0.25) is 0 Å². The molecule has 17 heavy (non-hydrogen) atoms. The largest absolute Gasteiger partial charge is 0.238 e. The van der Waals surface area contributed by atoms with Crippen molar-refractivity contribution in [2.24, 2.45) is 10.3 Å². The Bertz CT molecular complexity index is 639. The van der Waals surface area contributed by atoms with E-state index in [9.17, 15) is 12.8 Å². The molecular weight excluding hydrogens is 247 g/mol. The summed E-state index contributed by atoms with van der Waals surface area (Å²) in [5.41, 5.74) is 7.98. The second-order valence-electron chi connectivity index (χ2n) is 2.88. The zero-order valence-corrected chi connectivity index (χ0v) is 9.28. The normalized spacial score (nSPS) is 10.0. The topological polar surface area (TPSA) is 109 Å². The van der Waals surface area contributed by atoms with Crippen molar-refractivity contribution >= 4 is 10.0 Å². The van der Waals surface area contributed by atoms with Gasteiger partial charge in [0.25, 0.3) is 0 Å². The fraction of sp³-hybridized carbons (Fsp3) is 0.111. The standard InChI is InChI=1S/C9H7FN4O2S/c10-9-6-8(17(12,15)16)4-3-7(9)2-1-5-13-14-11/h3-4,6H,5H2,(H2,12,15,16). The van der Waals surface area contributed by atoms with Crippen LogP contribution in [-0.4, -0.2) is 15.0 Å². The molecule has 0 aliphatic rings. The second kappa shape index (κ2) is 5.32. The lowest BCUT2D eigenvalue weighted by molar-refractivity contribution is 0.591. The van der Waals surface area contributed by atoms with E-state index in [2.05, 4.69) is 21.9 Å². The lowest BCUT2D eigenvalue weighted by atomic mass is 10.2. The summed E-state index contributed by atoms with van der Waals surface area (Å²) in [4.78, 5) is 2.15. The van der Waals surface area contributed by atoms with Crippen LogP contribution in [0.1, 0.15) is 5.56 Å². The highest BCUT2D eigenvalue weighted by Crippen LogP contribution is 2.12. The minimum atomic E-state index is -3.93. The van der Waals surface area contributed by atoms with Crippen molar-refractivity contribution in [3.8, 4) is 11.8 Å². The van der Waals surface area contributed by atoms with Crippen LogP contribution in [0.15, 0.2) is 28.2 Å². The highest BCUT2D eigenvalue weighted by Gasteiger charge is 2.10. The van der Waals surface area contributed by atoms with Crippen molar-refractivity contribution in [1.82, 2.24) is 0 Å². The van der Waals surface area contributed by atoms with E-state index < -0.39 is 15.8 Å². The highest BCUT2D eigenvalue weighted by atomic mass is 32.2. The molecule has 0 aromatic heterocycles. The average molecular weight is 254 g/mol. The summed E-state index contributed by atoms with van der Waals surface area (Å²) in [6.45, 7) is -0.0904. The number of primary sulfonamides is 1. The molecule has 1 rings (SSSR count). The zero-order valence-electron chi connectivity index (χ0n) is 8.46. The molecule has 0 fully saturated rings. The van der Waals surface area contributed by atoms with Crippen molar-refractivity contribution in [3.05, 3.63) is 40.0 Å². The minimum absolute atomic E-state index is 0.00513. The molecular formula is C9H7FN4O2S. The molecule has 0 saturated carbocycles. The van der Waals surface area contributed by atoms with Crippen LogP contribution in [-0.2, 0) is 10.0 Å². The van der Waals surface area contributed by atoms with Crippen LogP contribution in [0.4, 0.5) is 4.39 Å². The smallest absolute Gasteiger partial charge is 0.225 e. The fourth-order valence-corrected chi connectivity index (χ4v) is 1.50. The first-order valence-electron chi connectivity index (χ1n) is 4.27.